The van der Waals surface area contributed by atoms with Gasteiger partial charge in [-0.05, 0) is 59.6 Å². The molecule has 2 aromatic carbocycles. The molecule has 1 aromatic heterocycles. The van der Waals surface area contributed by atoms with Crippen molar-refractivity contribution >= 4 is 33.0 Å². The highest BCUT2D eigenvalue weighted by molar-refractivity contribution is 9.10. The predicted octanol–water partition coefficient (Wildman–Crippen LogP) is 3.45. The Morgan fingerprint density at radius 2 is 2.12 bits per heavy atom. The molecule has 6 nitrogen and oxygen atoms in total. The van der Waals surface area contributed by atoms with E-state index < -0.39 is 0 Å². The molecule has 0 spiro atoms. The van der Waals surface area contributed by atoms with E-state index >= 15 is 0 Å². The van der Waals surface area contributed by atoms with Crippen molar-refractivity contribution in [1.29, 1.82) is 0 Å². The van der Waals surface area contributed by atoms with Crippen LogP contribution in [-0.2, 0) is 0 Å². The van der Waals surface area contributed by atoms with Crippen LogP contribution in [-0.4, -0.2) is 27.6 Å². The lowest BCUT2D eigenvalue weighted by atomic mass is 10.2. The maximum Gasteiger partial charge on any atom is 0.282 e. The van der Waals surface area contributed by atoms with Gasteiger partial charge in [0.2, 0.25) is 0 Å². The van der Waals surface area contributed by atoms with Crippen LogP contribution in [0.2, 0.25) is 0 Å². The van der Waals surface area contributed by atoms with Gasteiger partial charge in [-0.1, -0.05) is 12.1 Å². The van der Waals surface area contributed by atoms with Crippen LogP contribution in [0.25, 0.3) is 10.9 Å². The monoisotopic (exact) mass is 401 g/mol. The summed E-state index contributed by atoms with van der Waals surface area (Å²) in [6, 6.07) is 10.5. The number of nitrogens with zero attached hydrogens (tertiary/aromatic N) is 3. The van der Waals surface area contributed by atoms with Crippen LogP contribution in [0.15, 0.2) is 50.8 Å². The average Bonchev–Trinajstić information content (AvgIpc) is 2.59. The molecule has 3 rings (SSSR count). The number of halogens is 1. The Hall–Kier alpha value is -2.67. The van der Waals surface area contributed by atoms with Crippen LogP contribution in [0.4, 0.5) is 0 Å². The van der Waals surface area contributed by atoms with Crippen molar-refractivity contribution in [2.24, 2.45) is 5.10 Å². The van der Waals surface area contributed by atoms with Crippen LogP contribution < -0.4 is 10.3 Å². The molecule has 0 radical (unpaired) electrons. The zero-order valence-electron chi connectivity index (χ0n) is 13.7. The first-order valence-corrected chi connectivity index (χ1v) is 8.48. The number of hydrogen-bond donors (Lipinski definition) is 1. The lowest BCUT2D eigenvalue weighted by Gasteiger charge is -2.09. The van der Waals surface area contributed by atoms with Crippen molar-refractivity contribution in [2.75, 3.05) is 6.61 Å². The molecule has 0 saturated carbocycles. The lowest BCUT2D eigenvalue weighted by Crippen LogP contribution is -2.20. The number of fused-ring (bicyclic) bond motifs is 1. The average molecular weight is 402 g/mol. The Morgan fingerprint density at radius 3 is 2.88 bits per heavy atom. The fourth-order valence-electron chi connectivity index (χ4n) is 2.43. The van der Waals surface area contributed by atoms with Crippen LogP contribution >= 0.6 is 15.9 Å². The summed E-state index contributed by atoms with van der Waals surface area (Å²) in [5.41, 5.74) is 1.08. The predicted molar refractivity (Wildman–Crippen MR) is 101 cm³/mol. The molecule has 0 bridgehead atoms. The molecule has 0 saturated heterocycles. The van der Waals surface area contributed by atoms with Crippen molar-refractivity contribution in [3.8, 4) is 11.5 Å². The fourth-order valence-corrected chi connectivity index (χ4v) is 2.89. The first-order chi connectivity index (χ1) is 12.0. The Morgan fingerprint density at radius 1 is 1.36 bits per heavy atom. The summed E-state index contributed by atoms with van der Waals surface area (Å²) in [4.78, 5) is 17.0. The minimum atomic E-state index is -0.234. The normalized spacial score (nSPS) is 11.3. The van der Waals surface area contributed by atoms with Crippen LogP contribution in [0.1, 0.15) is 18.3 Å². The van der Waals surface area contributed by atoms with Crippen molar-refractivity contribution in [2.45, 2.75) is 13.8 Å². The van der Waals surface area contributed by atoms with Gasteiger partial charge in [0, 0.05) is 0 Å². The molecule has 0 aliphatic rings. The Kier molecular flexibility index (Phi) is 4.85. The number of phenols is 1. The summed E-state index contributed by atoms with van der Waals surface area (Å²) in [7, 11) is 0. The fraction of sp³-hybridized carbons (Fsp3) is 0.167. The first-order valence-electron chi connectivity index (χ1n) is 7.69. The summed E-state index contributed by atoms with van der Waals surface area (Å²) < 4.78 is 7.13. The maximum absolute atomic E-state index is 12.6. The minimum Gasteiger partial charge on any atom is -0.503 e. The Labute approximate surface area is 152 Å². The summed E-state index contributed by atoms with van der Waals surface area (Å²) >= 11 is 3.28. The molecule has 1 N–H and O–H groups in total. The summed E-state index contributed by atoms with van der Waals surface area (Å²) in [5, 5.41) is 14.7. The summed E-state index contributed by atoms with van der Waals surface area (Å²) in [6.07, 6.45) is 1.53. The van der Waals surface area contributed by atoms with Gasteiger partial charge in [0.25, 0.3) is 5.56 Å². The van der Waals surface area contributed by atoms with Gasteiger partial charge >= 0.3 is 0 Å². The third-order valence-corrected chi connectivity index (χ3v) is 4.19. The molecular weight excluding hydrogens is 386 g/mol. The third-order valence-electron chi connectivity index (χ3n) is 3.59. The zero-order valence-corrected chi connectivity index (χ0v) is 15.3. The molecule has 0 fully saturated rings. The molecule has 25 heavy (non-hydrogen) atoms. The number of ether oxygens (including phenoxy) is 1. The van der Waals surface area contributed by atoms with E-state index in [-0.39, 0.29) is 11.3 Å². The number of phenolic OH excluding ortho intramolecular Hbond substituents is 1. The Balaban J connectivity index is 2.06. The summed E-state index contributed by atoms with van der Waals surface area (Å²) in [6.45, 7) is 3.98. The van der Waals surface area contributed by atoms with Gasteiger partial charge in [-0.25, -0.2) is 4.98 Å². The van der Waals surface area contributed by atoms with Gasteiger partial charge in [0.1, 0.15) is 5.82 Å². The molecule has 0 aliphatic heterocycles. The number of aromatic hydroxyl groups is 1. The van der Waals surface area contributed by atoms with Gasteiger partial charge in [0.05, 0.1) is 28.2 Å². The largest absolute Gasteiger partial charge is 0.503 e. The first kappa shape index (κ1) is 17.2. The van der Waals surface area contributed by atoms with Crippen LogP contribution in [0.3, 0.4) is 0 Å². The number of benzene rings is 2. The molecule has 7 heteroatoms. The number of aromatic nitrogens is 2. The van der Waals surface area contributed by atoms with Crippen molar-refractivity contribution in [3.05, 3.63) is 62.6 Å². The highest BCUT2D eigenvalue weighted by atomic mass is 79.9. The van der Waals surface area contributed by atoms with E-state index in [0.29, 0.717) is 39.1 Å². The SMILES string of the molecule is CCOc1cc(/C=N/n2c(C)nc3ccccc3c2=O)cc(Br)c1O. The van der Waals surface area contributed by atoms with Gasteiger partial charge in [-0.3, -0.25) is 4.79 Å². The van der Waals surface area contributed by atoms with E-state index in [9.17, 15) is 9.90 Å². The second-order valence-electron chi connectivity index (χ2n) is 5.32. The molecule has 0 aliphatic carbocycles. The Bertz CT molecular complexity index is 1030. The van der Waals surface area contributed by atoms with Gasteiger partial charge in [0.15, 0.2) is 11.5 Å². The smallest absolute Gasteiger partial charge is 0.282 e. The van der Waals surface area contributed by atoms with E-state index in [4.69, 9.17) is 4.74 Å². The van der Waals surface area contributed by atoms with Gasteiger partial charge < -0.3 is 9.84 Å². The quantitative estimate of drug-likeness (QED) is 0.679. The van der Waals surface area contributed by atoms with Crippen molar-refractivity contribution in [1.82, 2.24) is 9.66 Å². The van der Waals surface area contributed by atoms with Crippen molar-refractivity contribution in [3.63, 3.8) is 0 Å². The standard InChI is InChI=1S/C18H16BrN3O3/c1-3-25-16-9-12(8-14(19)17(16)23)10-20-22-11(2)21-15-7-5-4-6-13(15)18(22)24/h4-10,23H,3H2,1-2H3/b20-10+. The lowest BCUT2D eigenvalue weighted by molar-refractivity contribution is 0.317. The number of rotatable bonds is 4. The van der Waals surface area contributed by atoms with Crippen LogP contribution in [0, 0.1) is 6.92 Å². The third kappa shape index (κ3) is 3.41. The second kappa shape index (κ2) is 7.06. The van der Waals surface area contributed by atoms with E-state index in [0.717, 1.165) is 0 Å². The maximum atomic E-state index is 12.6. The van der Waals surface area contributed by atoms with Crippen LogP contribution in [0.5, 0.6) is 11.5 Å². The molecule has 0 atom stereocenters. The topological polar surface area (TPSA) is 76.7 Å². The minimum absolute atomic E-state index is 0.0275. The second-order valence-corrected chi connectivity index (χ2v) is 6.17. The van der Waals surface area contributed by atoms with E-state index in [1.165, 1.54) is 10.9 Å². The molecule has 1 heterocycles. The highest BCUT2D eigenvalue weighted by Crippen LogP contribution is 2.35. The van der Waals surface area contributed by atoms with E-state index in [1.807, 2.05) is 13.0 Å². The molecule has 0 amide bonds. The number of aryl methyl sites for hydroxylation is 1. The molecular formula is C18H16BrN3O3. The van der Waals surface area contributed by atoms with E-state index in [1.54, 1.807) is 37.3 Å². The molecule has 3 aromatic rings. The number of hydrogen-bond acceptors (Lipinski definition) is 5. The van der Waals surface area contributed by atoms with E-state index in [2.05, 4.69) is 26.0 Å². The molecule has 128 valence electrons. The van der Waals surface area contributed by atoms with Crippen molar-refractivity contribution < 1.29 is 9.84 Å². The zero-order chi connectivity index (χ0) is 18.0. The number of para-hydroxylation sites is 1. The van der Waals surface area contributed by atoms with Gasteiger partial charge in [-0.15, -0.1) is 0 Å². The summed E-state index contributed by atoms with van der Waals surface area (Å²) in [5.74, 6) is 0.863. The highest BCUT2D eigenvalue weighted by Gasteiger charge is 2.09. The van der Waals surface area contributed by atoms with Gasteiger partial charge in [-0.2, -0.15) is 9.78 Å². The molecule has 0 unspecified atom stereocenters.